The van der Waals surface area contributed by atoms with Crippen molar-refractivity contribution in [1.82, 2.24) is 10.2 Å². The van der Waals surface area contributed by atoms with Gasteiger partial charge in [0, 0.05) is 25.3 Å². The lowest BCUT2D eigenvalue weighted by Gasteiger charge is -2.33. The zero-order valence-electron chi connectivity index (χ0n) is 13.4. The van der Waals surface area contributed by atoms with Crippen molar-refractivity contribution < 1.29 is 19.4 Å². The molecule has 132 valence electrons. The number of likely N-dealkylation sites (tertiary alicyclic amines) is 1. The van der Waals surface area contributed by atoms with Gasteiger partial charge >= 0.3 is 5.97 Å². The Labute approximate surface area is 143 Å². The zero-order chi connectivity index (χ0) is 15.5. The fourth-order valence-electron chi connectivity index (χ4n) is 4.30. The smallest absolute Gasteiger partial charge is 0.320 e. The van der Waals surface area contributed by atoms with Gasteiger partial charge in [-0.15, -0.1) is 12.4 Å². The molecule has 3 fully saturated rings. The molecule has 0 aromatic rings. The van der Waals surface area contributed by atoms with Gasteiger partial charge in [0.2, 0.25) is 5.91 Å². The third-order valence-electron chi connectivity index (χ3n) is 5.42. The summed E-state index contributed by atoms with van der Waals surface area (Å²) in [4.78, 5) is 25.8. The van der Waals surface area contributed by atoms with Crippen molar-refractivity contribution in [2.24, 2.45) is 5.92 Å². The summed E-state index contributed by atoms with van der Waals surface area (Å²) in [5.41, 5.74) is 0. The summed E-state index contributed by atoms with van der Waals surface area (Å²) in [5.74, 6) is -0.372. The number of hydrogen-bond acceptors (Lipinski definition) is 4. The van der Waals surface area contributed by atoms with Gasteiger partial charge in [-0.3, -0.25) is 14.5 Å². The number of fused-ring (bicyclic) bond motifs is 1. The van der Waals surface area contributed by atoms with Gasteiger partial charge in [-0.05, 0) is 38.0 Å². The molecule has 7 heteroatoms. The minimum Gasteiger partial charge on any atom is -0.480 e. The standard InChI is InChI=1S/C16H26N2O4.ClH/c19-15(17-12-5-7-22-8-6-12)10-18-13-4-2-1-3-11(13)9-14(18)16(20)21;/h11-14H,1-10H2,(H,17,19)(H,20,21);1H. The number of nitrogens with one attached hydrogen (secondary N) is 1. The van der Waals surface area contributed by atoms with Crippen molar-refractivity contribution in [3.8, 4) is 0 Å². The van der Waals surface area contributed by atoms with E-state index in [-0.39, 0.29) is 36.9 Å². The minimum absolute atomic E-state index is 0. The van der Waals surface area contributed by atoms with E-state index in [2.05, 4.69) is 5.32 Å². The van der Waals surface area contributed by atoms with Crippen LogP contribution in [0.25, 0.3) is 0 Å². The predicted molar refractivity (Wildman–Crippen MR) is 87.7 cm³/mol. The topological polar surface area (TPSA) is 78.9 Å². The van der Waals surface area contributed by atoms with E-state index in [0.717, 1.165) is 32.1 Å². The van der Waals surface area contributed by atoms with Crippen LogP contribution >= 0.6 is 12.4 Å². The normalized spacial score (nSPS) is 31.9. The van der Waals surface area contributed by atoms with Gasteiger partial charge in [0.05, 0.1) is 6.54 Å². The van der Waals surface area contributed by atoms with Crippen molar-refractivity contribution >= 4 is 24.3 Å². The summed E-state index contributed by atoms with van der Waals surface area (Å²) in [6, 6.07) is -0.0434. The Morgan fingerprint density at radius 1 is 1.13 bits per heavy atom. The molecule has 3 rings (SSSR count). The van der Waals surface area contributed by atoms with Crippen molar-refractivity contribution in [3.05, 3.63) is 0 Å². The van der Waals surface area contributed by atoms with Gasteiger partial charge in [0.25, 0.3) is 0 Å². The van der Waals surface area contributed by atoms with E-state index in [1.54, 1.807) is 0 Å². The third kappa shape index (κ3) is 4.37. The molecule has 0 aromatic heterocycles. The molecule has 2 N–H and O–H groups in total. The monoisotopic (exact) mass is 346 g/mol. The average molecular weight is 347 g/mol. The first kappa shape index (κ1) is 18.5. The minimum atomic E-state index is -0.784. The number of carbonyl (C=O) groups excluding carboxylic acids is 1. The Bertz CT molecular complexity index is 428. The number of nitrogens with zero attached hydrogens (tertiary/aromatic N) is 1. The van der Waals surface area contributed by atoms with Gasteiger partial charge in [0.15, 0.2) is 0 Å². The van der Waals surface area contributed by atoms with Crippen LogP contribution in [0.15, 0.2) is 0 Å². The molecule has 1 amide bonds. The van der Waals surface area contributed by atoms with Crippen molar-refractivity contribution in [1.29, 1.82) is 0 Å². The molecule has 0 bridgehead atoms. The van der Waals surface area contributed by atoms with E-state index in [4.69, 9.17) is 4.74 Å². The Morgan fingerprint density at radius 2 is 1.83 bits per heavy atom. The summed E-state index contributed by atoms with van der Waals surface area (Å²) in [7, 11) is 0. The van der Waals surface area contributed by atoms with Crippen LogP contribution < -0.4 is 5.32 Å². The first-order valence-corrected chi connectivity index (χ1v) is 8.51. The molecule has 1 saturated carbocycles. The number of carboxylic acid groups (broad SMARTS) is 1. The second kappa shape index (κ2) is 8.31. The third-order valence-corrected chi connectivity index (χ3v) is 5.42. The second-order valence-electron chi connectivity index (χ2n) is 6.83. The highest BCUT2D eigenvalue weighted by Gasteiger charge is 2.45. The molecule has 1 aliphatic carbocycles. The average Bonchev–Trinajstić information content (AvgIpc) is 2.87. The Kier molecular flexibility index (Phi) is 6.68. The molecule has 6 nitrogen and oxygen atoms in total. The van der Waals surface area contributed by atoms with E-state index >= 15 is 0 Å². The van der Waals surface area contributed by atoms with Crippen LogP contribution in [-0.2, 0) is 14.3 Å². The highest BCUT2D eigenvalue weighted by Crippen LogP contribution is 2.39. The first-order valence-electron chi connectivity index (χ1n) is 8.51. The van der Waals surface area contributed by atoms with Gasteiger partial charge < -0.3 is 15.2 Å². The molecular formula is C16H27ClN2O4. The van der Waals surface area contributed by atoms with Gasteiger partial charge in [-0.2, -0.15) is 0 Å². The number of hydrogen-bond donors (Lipinski definition) is 2. The number of carbonyl (C=O) groups is 2. The summed E-state index contributed by atoms with van der Waals surface area (Å²) in [6.07, 6.45) is 6.86. The largest absolute Gasteiger partial charge is 0.480 e. The van der Waals surface area contributed by atoms with Crippen LogP contribution in [0.1, 0.15) is 44.9 Å². The molecule has 2 aliphatic heterocycles. The van der Waals surface area contributed by atoms with Crippen LogP contribution in [-0.4, -0.2) is 59.8 Å². The summed E-state index contributed by atoms with van der Waals surface area (Å²) in [5, 5.41) is 12.5. The number of halogens is 1. The van der Waals surface area contributed by atoms with E-state index in [1.807, 2.05) is 4.90 Å². The highest BCUT2D eigenvalue weighted by atomic mass is 35.5. The summed E-state index contributed by atoms with van der Waals surface area (Å²) in [6.45, 7) is 1.60. The number of carboxylic acids is 1. The molecular weight excluding hydrogens is 320 g/mol. The van der Waals surface area contributed by atoms with Crippen LogP contribution in [0.4, 0.5) is 0 Å². The lowest BCUT2D eigenvalue weighted by atomic mass is 9.85. The lowest BCUT2D eigenvalue weighted by molar-refractivity contribution is -0.143. The van der Waals surface area contributed by atoms with E-state index in [9.17, 15) is 14.7 Å². The SMILES string of the molecule is Cl.O=C(CN1C(C(=O)O)CC2CCCCC21)NC1CCOCC1. The van der Waals surface area contributed by atoms with Crippen LogP contribution in [0.2, 0.25) is 0 Å². The van der Waals surface area contributed by atoms with Gasteiger partial charge in [-0.1, -0.05) is 12.8 Å². The fraction of sp³-hybridized carbons (Fsp3) is 0.875. The lowest BCUT2D eigenvalue weighted by Crippen LogP contribution is -2.50. The predicted octanol–water partition coefficient (Wildman–Crippen LogP) is 1.42. The van der Waals surface area contributed by atoms with Crippen molar-refractivity contribution in [3.63, 3.8) is 0 Å². The number of rotatable bonds is 4. The quantitative estimate of drug-likeness (QED) is 0.805. The molecule has 0 spiro atoms. The molecule has 3 atom stereocenters. The van der Waals surface area contributed by atoms with Crippen LogP contribution in [0.3, 0.4) is 0 Å². The highest BCUT2D eigenvalue weighted by molar-refractivity contribution is 5.85. The van der Waals surface area contributed by atoms with E-state index < -0.39 is 12.0 Å². The molecule has 3 aliphatic rings. The first-order chi connectivity index (χ1) is 10.6. The van der Waals surface area contributed by atoms with E-state index in [1.165, 1.54) is 6.42 Å². The maximum absolute atomic E-state index is 12.3. The Hall–Kier alpha value is -0.850. The molecule has 2 saturated heterocycles. The molecule has 0 radical (unpaired) electrons. The van der Waals surface area contributed by atoms with Crippen molar-refractivity contribution in [2.45, 2.75) is 63.1 Å². The van der Waals surface area contributed by atoms with Gasteiger partial charge in [-0.25, -0.2) is 0 Å². The molecule has 0 aromatic carbocycles. The van der Waals surface area contributed by atoms with Gasteiger partial charge in [0.1, 0.15) is 6.04 Å². The number of aliphatic carboxylic acids is 1. The van der Waals surface area contributed by atoms with Crippen LogP contribution in [0.5, 0.6) is 0 Å². The maximum atomic E-state index is 12.3. The number of ether oxygens (including phenoxy) is 1. The summed E-state index contributed by atoms with van der Waals surface area (Å²) >= 11 is 0. The Morgan fingerprint density at radius 3 is 2.52 bits per heavy atom. The molecule has 2 heterocycles. The second-order valence-corrected chi connectivity index (χ2v) is 6.83. The molecule has 3 unspecified atom stereocenters. The summed E-state index contributed by atoms with van der Waals surface area (Å²) < 4.78 is 5.29. The fourth-order valence-corrected chi connectivity index (χ4v) is 4.30. The molecule has 23 heavy (non-hydrogen) atoms. The maximum Gasteiger partial charge on any atom is 0.320 e. The zero-order valence-corrected chi connectivity index (χ0v) is 14.2. The van der Waals surface area contributed by atoms with E-state index in [0.29, 0.717) is 25.6 Å². The van der Waals surface area contributed by atoms with Crippen molar-refractivity contribution in [2.75, 3.05) is 19.8 Å². The Balaban J connectivity index is 0.00000192. The number of amides is 1. The van der Waals surface area contributed by atoms with Crippen LogP contribution in [0, 0.1) is 5.92 Å².